The third-order valence-corrected chi connectivity index (χ3v) is 3.96. The van der Waals surface area contributed by atoms with E-state index in [0.29, 0.717) is 22.6 Å². The Bertz CT molecular complexity index is 717. The van der Waals surface area contributed by atoms with Crippen LogP contribution in [0, 0.1) is 0 Å². The van der Waals surface area contributed by atoms with Crippen LogP contribution in [-0.2, 0) is 5.75 Å². The Labute approximate surface area is 121 Å². The molecule has 0 aliphatic carbocycles. The second-order valence-corrected chi connectivity index (χ2v) is 5.50. The number of rotatable bonds is 5. The molecule has 0 radical (unpaired) electrons. The van der Waals surface area contributed by atoms with Gasteiger partial charge in [0.25, 0.3) is 0 Å². The quantitative estimate of drug-likeness (QED) is 0.722. The predicted molar refractivity (Wildman–Crippen MR) is 72.8 cm³/mol. The van der Waals surface area contributed by atoms with E-state index in [4.69, 9.17) is 14.0 Å². The fourth-order valence-corrected chi connectivity index (χ4v) is 2.80. The van der Waals surface area contributed by atoms with Crippen LogP contribution < -0.4 is 0 Å². The highest BCUT2D eigenvalue weighted by Crippen LogP contribution is 2.26. The minimum Gasteiger partial charge on any atom is -0.475 e. The van der Waals surface area contributed by atoms with Crippen molar-refractivity contribution in [3.8, 4) is 11.4 Å². The summed E-state index contributed by atoms with van der Waals surface area (Å²) in [5.41, 5.74) is 0.918. The standard InChI is InChI=1S/C12H8N2O4S2/c15-12(16)8-1-2-10(17-8)20-6-9-13-11(14-18-9)7-3-4-19-5-7/h1-5H,6H2,(H,15,16). The van der Waals surface area contributed by atoms with Gasteiger partial charge in [-0.15, -0.1) is 0 Å². The van der Waals surface area contributed by atoms with E-state index in [1.54, 1.807) is 17.4 Å². The van der Waals surface area contributed by atoms with Crippen molar-refractivity contribution in [2.45, 2.75) is 10.8 Å². The van der Waals surface area contributed by atoms with E-state index >= 15 is 0 Å². The first-order valence-electron chi connectivity index (χ1n) is 5.53. The predicted octanol–water partition coefficient (Wildman–Crippen LogP) is 3.38. The highest BCUT2D eigenvalue weighted by molar-refractivity contribution is 7.98. The lowest BCUT2D eigenvalue weighted by Crippen LogP contribution is -1.91. The van der Waals surface area contributed by atoms with Gasteiger partial charge >= 0.3 is 5.97 Å². The number of carbonyl (C=O) groups is 1. The molecule has 0 aromatic carbocycles. The molecule has 0 atom stereocenters. The van der Waals surface area contributed by atoms with Crippen LogP contribution in [0.4, 0.5) is 0 Å². The van der Waals surface area contributed by atoms with Crippen LogP contribution in [0.25, 0.3) is 11.4 Å². The molecular formula is C12H8N2O4S2. The molecule has 0 saturated heterocycles. The molecule has 3 aromatic rings. The van der Waals surface area contributed by atoms with Crippen molar-refractivity contribution in [1.82, 2.24) is 10.1 Å². The summed E-state index contributed by atoms with van der Waals surface area (Å²) < 4.78 is 10.3. The number of aromatic nitrogens is 2. The maximum Gasteiger partial charge on any atom is 0.371 e. The Hall–Kier alpha value is -2.06. The average Bonchev–Trinajstić information content (AvgIpc) is 3.17. The number of thiophene rings is 1. The number of aromatic carboxylic acids is 1. The lowest BCUT2D eigenvalue weighted by Gasteiger charge is -1.91. The van der Waals surface area contributed by atoms with Gasteiger partial charge in [-0.25, -0.2) is 4.79 Å². The fraction of sp³-hybridized carbons (Fsp3) is 0.0833. The molecule has 0 unspecified atom stereocenters. The molecule has 8 heteroatoms. The van der Waals surface area contributed by atoms with Gasteiger partial charge in [0, 0.05) is 10.9 Å². The van der Waals surface area contributed by atoms with Crippen molar-refractivity contribution in [2.24, 2.45) is 0 Å². The van der Waals surface area contributed by atoms with Crippen LogP contribution in [-0.4, -0.2) is 21.2 Å². The molecular weight excluding hydrogens is 300 g/mol. The highest BCUT2D eigenvalue weighted by atomic mass is 32.2. The van der Waals surface area contributed by atoms with Gasteiger partial charge in [-0.3, -0.25) is 0 Å². The van der Waals surface area contributed by atoms with Gasteiger partial charge in [-0.2, -0.15) is 16.3 Å². The van der Waals surface area contributed by atoms with Gasteiger partial charge in [0.1, 0.15) is 0 Å². The average molecular weight is 308 g/mol. The number of thioether (sulfide) groups is 1. The molecule has 3 rings (SSSR count). The molecule has 3 aromatic heterocycles. The largest absolute Gasteiger partial charge is 0.475 e. The first-order chi connectivity index (χ1) is 9.72. The summed E-state index contributed by atoms with van der Waals surface area (Å²) in [5, 5.41) is 17.0. The van der Waals surface area contributed by atoms with E-state index in [1.807, 2.05) is 16.8 Å². The van der Waals surface area contributed by atoms with Crippen LogP contribution in [0.2, 0.25) is 0 Å². The zero-order chi connectivity index (χ0) is 13.9. The smallest absolute Gasteiger partial charge is 0.371 e. The maximum absolute atomic E-state index is 10.7. The number of furan rings is 1. The molecule has 0 spiro atoms. The minimum absolute atomic E-state index is 0.0861. The fourth-order valence-electron chi connectivity index (χ4n) is 1.47. The maximum atomic E-state index is 10.7. The minimum atomic E-state index is -1.09. The molecule has 1 N–H and O–H groups in total. The van der Waals surface area contributed by atoms with E-state index in [0.717, 1.165) is 5.56 Å². The Balaban J connectivity index is 1.65. The van der Waals surface area contributed by atoms with Crippen LogP contribution in [0.3, 0.4) is 0 Å². The number of hydrogen-bond donors (Lipinski definition) is 1. The van der Waals surface area contributed by atoms with E-state index in [-0.39, 0.29) is 5.76 Å². The van der Waals surface area contributed by atoms with Crippen molar-refractivity contribution in [1.29, 1.82) is 0 Å². The van der Waals surface area contributed by atoms with Gasteiger partial charge in [-0.05, 0) is 23.6 Å². The number of hydrogen-bond acceptors (Lipinski definition) is 7. The van der Waals surface area contributed by atoms with E-state index < -0.39 is 5.97 Å². The monoisotopic (exact) mass is 308 g/mol. The summed E-state index contributed by atoms with van der Waals surface area (Å²) in [6.45, 7) is 0. The Morgan fingerprint density at radius 1 is 1.40 bits per heavy atom. The summed E-state index contributed by atoms with van der Waals surface area (Å²) in [6.07, 6.45) is 0. The summed E-state index contributed by atoms with van der Waals surface area (Å²) in [7, 11) is 0. The summed E-state index contributed by atoms with van der Waals surface area (Å²) in [5.74, 6) is 0.257. The van der Waals surface area contributed by atoms with E-state index in [2.05, 4.69) is 10.1 Å². The molecule has 0 aliphatic heterocycles. The third-order valence-electron chi connectivity index (χ3n) is 2.38. The summed E-state index contributed by atoms with van der Waals surface area (Å²) in [6, 6.07) is 4.93. The molecule has 0 amide bonds. The molecule has 3 heterocycles. The van der Waals surface area contributed by atoms with E-state index in [1.165, 1.54) is 17.8 Å². The first-order valence-corrected chi connectivity index (χ1v) is 7.46. The highest BCUT2D eigenvalue weighted by Gasteiger charge is 2.12. The molecule has 20 heavy (non-hydrogen) atoms. The number of carboxylic acid groups (broad SMARTS) is 1. The molecule has 102 valence electrons. The first kappa shape index (κ1) is 12.9. The van der Waals surface area contributed by atoms with Gasteiger partial charge in [0.05, 0.1) is 5.75 Å². The lowest BCUT2D eigenvalue weighted by atomic mass is 10.3. The Kier molecular flexibility index (Phi) is 3.57. The zero-order valence-corrected chi connectivity index (χ0v) is 11.6. The third kappa shape index (κ3) is 2.75. The summed E-state index contributed by atoms with van der Waals surface area (Å²) >= 11 is 2.86. The number of nitrogens with zero attached hydrogens (tertiary/aromatic N) is 2. The van der Waals surface area contributed by atoms with E-state index in [9.17, 15) is 4.79 Å². The molecule has 0 fully saturated rings. The van der Waals surface area contributed by atoms with Crippen molar-refractivity contribution in [3.05, 3.63) is 40.6 Å². The van der Waals surface area contributed by atoms with Crippen molar-refractivity contribution >= 4 is 29.1 Å². The van der Waals surface area contributed by atoms with Gasteiger partial charge in [0.2, 0.25) is 17.5 Å². The van der Waals surface area contributed by atoms with Crippen LogP contribution in [0.15, 0.2) is 43.0 Å². The normalized spacial score (nSPS) is 10.8. The topological polar surface area (TPSA) is 89.4 Å². The summed E-state index contributed by atoms with van der Waals surface area (Å²) in [4.78, 5) is 14.9. The second kappa shape index (κ2) is 5.51. The van der Waals surface area contributed by atoms with Crippen molar-refractivity contribution in [3.63, 3.8) is 0 Å². The second-order valence-electron chi connectivity index (χ2n) is 3.74. The zero-order valence-electron chi connectivity index (χ0n) is 9.98. The van der Waals surface area contributed by atoms with Gasteiger partial charge in [0.15, 0.2) is 5.09 Å². The van der Waals surface area contributed by atoms with Gasteiger partial charge in [-0.1, -0.05) is 16.9 Å². The molecule has 0 bridgehead atoms. The van der Waals surface area contributed by atoms with Crippen LogP contribution in [0.5, 0.6) is 0 Å². The lowest BCUT2D eigenvalue weighted by molar-refractivity contribution is 0.0656. The SMILES string of the molecule is O=C(O)c1ccc(SCc2nc(-c3ccsc3)no2)o1. The number of carboxylic acids is 1. The molecule has 6 nitrogen and oxygen atoms in total. The van der Waals surface area contributed by atoms with Crippen molar-refractivity contribution in [2.75, 3.05) is 0 Å². The van der Waals surface area contributed by atoms with Gasteiger partial charge < -0.3 is 14.0 Å². The van der Waals surface area contributed by atoms with Crippen LogP contribution >= 0.6 is 23.1 Å². The Morgan fingerprint density at radius 2 is 2.30 bits per heavy atom. The van der Waals surface area contributed by atoms with Crippen molar-refractivity contribution < 1.29 is 18.8 Å². The van der Waals surface area contributed by atoms with Crippen LogP contribution in [0.1, 0.15) is 16.4 Å². The molecule has 0 saturated carbocycles. The Morgan fingerprint density at radius 3 is 3.00 bits per heavy atom. The molecule has 0 aliphatic rings.